The molecule has 1 amide bonds. The molecule has 0 aliphatic rings. The van der Waals surface area contributed by atoms with E-state index < -0.39 is 0 Å². The zero-order chi connectivity index (χ0) is 18.7. The van der Waals surface area contributed by atoms with Crippen LogP contribution in [0.4, 0.5) is 0 Å². The summed E-state index contributed by atoms with van der Waals surface area (Å²) >= 11 is 4.35. The van der Waals surface area contributed by atoms with Crippen LogP contribution in [-0.4, -0.2) is 27.3 Å². The van der Waals surface area contributed by atoms with Crippen molar-refractivity contribution in [2.75, 3.05) is 6.54 Å². The van der Waals surface area contributed by atoms with Crippen molar-refractivity contribution in [3.05, 3.63) is 45.9 Å². The number of fused-ring (bicyclic) bond motifs is 1. The number of carbonyl (C=O) groups excluding carboxylic acids is 1. The Balaban J connectivity index is 2.10. The fourth-order valence-electron chi connectivity index (χ4n) is 2.53. The number of rotatable bonds is 7. The number of amides is 1. The average Bonchev–Trinajstić information content (AvgIpc) is 3.27. The maximum absolute atomic E-state index is 13.2. The minimum Gasteiger partial charge on any atom is -0.355 e. The van der Waals surface area contributed by atoms with Gasteiger partial charge in [-0.05, 0) is 25.3 Å². The van der Waals surface area contributed by atoms with E-state index in [1.54, 1.807) is 22.0 Å². The number of hydrogen-bond donors (Lipinski definition) is 1. The minimum atomic E-state index is -0.341. The first kappa shape index (κ1) is 18.9. The molecule has 0 unspecified atom stereocenters. The number of carbonyl (C=O) groups is 1. The molecule has 0 bridgehead atoms. The predicted octanol–water partition coefficient (Wildman–Crippen LogP) is 3.99. The Morgan fingerprint density at radius 1 is 1.50 bits per heavy atom. The second-order valence-corrected chi connectivity index (χ2v) is 8.67. The highest BCUT2D eigenvalue weighted by Gasteiger charge is 2.21. The summed E-state index contributed by atoms with van der Waals surface area (Å²) in [5, 5.41) is 7.61. The summed E-state index contributed by atoms with van der Waals surface area (Å²) in [6.45, 7) is 8.37. The molecular weight excluding hydrogens is 386 g/mol. The Hall–Kier alpha value is -1.90. The highest BCUT2D eigenvalue weighted by Crippen LogP contribution is 2.35. The molecule has 0 aliphatic heterocycles. The maximum Gasteiger partial charge on any atom is 0.263 e. The van der Waals surface area contributed by atoms with Gasteiger partial charge in [0.2, 0.25) is 5.91 Å². The lowest BCUT2D eigenvalue weighted by atomic mass is 10.2. The van der Waals surface area contributed by atoms with Gasteiger partial charge in [-0.25, -0.2) is 4.98 Å². The largest absolute Gasteiger partial charge is 0.355 e. The molecule has 3 heterocycles. The van der Waals surface area contributed by atoms with Crippen molar-refractivity contribution in [2.45, 2.75) is 30.8 Å². The van der Waals surface area contributed by atoms with E-state index in [1.165, 1.54) is 23.1 Å². The van der Waals surface area contributed by atoms with Crippen molar-refractivity contribution in [3.8, 4) is 10.4 Å². The van der Waals surface area contributed by atoms with Gasteiger partial charge in [-0.2, -0.15) is 0 Å². The van der Waals surface area contributed by atoms with Gasteiger partial charge in [0, 0.05) is 28.9 Å². The lowest BCUT2D eigenvalue weighted by Crippen LogP contribution is -2.31. The summed E-state index contributed by atoms with van der Waals surface area (Å²) in [5.74, 6) is -0.0672. The predicted molar refractivity (Wildman–Crippen MR) is 111 cm³/mol. The van der Waals surface area contributed by atoms with Crippen LogP contribution in [0.25, 0.3) is 20.7 Å². The number of allylic oxidation sites excluding steroid dienone is 1. The smallest absolute Gasteiger partial charge is 0.263 e. The summed E-state index contributed by atoms with van der Waals surface area (Å²) < 4.78 is 1.60. The zero-order valence-electron chi connectivity index (χ0n) is 14.5. The van der Waals surface area contributed by atoms with E-state index in [1.807, 2.05) is 36.7 Å². The average molecular weight is 406 g/mol. The lowest BCUT2D eigenvalue weighted by Gasteiger charge is -2.14. The first-order valence-corrected chi connectivity index (χ1v) is 10.8. The first-order chi connectivity index (χ1) is 12.6. The molecule has 1 atom stereocenters. The molecule has 26 heavy (non-hydrogen) atoms. The van der Waals surface area contributed by atoms with Crippen molar-refractivity contribution in [3.63, 3.8) is 0 Å². The van der Waals surface area contributed by atoms with E-state index in [4.69, 9.17) is 0 Å². The van der Waals surface area contributed by atoms with Crippen LogP contribution in [0.3, 0.4) is 0 Å². The number of thiophene rings is 2. The molecule has 0 aliphatic carbocycles. The monoisotopic (exact) mass is 405 g/mol. The van der Waals surface area contributed by atoms with Gasteiger partial charge >= 0.3 is 0 Å². The molecule has 3 rings (SSSR count). The summed E-state index contributed by atoms with van der Waals surface area (Å²) in [7, 11) is 0. The molecule has 3 aromatic rings. The molecule has 8 heteroatoms. The van der Waals surface area contributed by atoms with Crippen LogP contribution in [0.5, 0.6) is 0 Å². The highest BCUT2D eigenvalue weighted by atomic mass is 32.2. The summed E-state index contributed by atoms with van der Waals surface area (Å²) in [5.41, 5.74) is 0.828. The third kappa shape index (κ3) is 3.62. The number of thioether (sulfide) groups is 1. The second-order valence-electron chi connectivity index (χ2n) is 5.56. The van der Waals surface area contributed by atoms with Crippen molar-refractivity contribution >= 4 is 50.6 Å². The first-order valence-electron chi connectivity index (χ1n) is 8.18. The Morgan fingerprint density at radius 3 is 2.96 bits per heavy atom. The number of nitrogens with one attached hydrogen (secondary N) is 1. The normalized spacial score (nSPS) is 12.2. The number of nitrogens with zero attached hydrogens (tertiary/aromatic N) is 2. The van der Waals surface area contributed by atoms with Crippen LogP contribution in [0.15, 0.2) is 45.5 Å². The molecule has 0 spiro atoms. The van der Waals surface area contributed by atoms with Crippen LogP contribution >= 0.6 is 34.4 Å². The van der Waals surface area contributed by atoms with E-state index in [9.17, 15) is 9.59 Å². The SMILES string of the molecule is C=CCn1c(S[C@H](C)C(=O)NCC)nc2scc(-c3cccs3)c2c1=O. The quantitative estimate of drug-likeness (QED) is 0.367. The fourth-order valence-corrected chi connectivity index (χ4v) is 5.27. The second kappa shape index (κ2) is 8.20. The molecule has 0 fully saturated rings. The van der Waals surface area contributed by atoms with Crippen molar-refractivity contribution in [1.29, 1.82) is 0 Å². The standard InChI is InChI=1S/C18H19N3O2S3/c1-4-8-21-17(23)14-12(13-7-6-9-24-13)10-25-16(14)20-18(21)26-11(3)15(22)19-5-2/h4,6-7,9-11H,1,5,8H2,2-3H3,(H,19,22)/t11-/m1/s1. The molecule has 0 saturated heterocycles. The molecule has 136 valence electrons. The Kier molecular flexibility index (Phi) is 5.95. The van der Waals surface area contributed by atoms with E-state index in [0.717, 1.165) is 10.4 Å². The van der Waals surface area contributed by atoms with Gasteiger partial charge in [0.25, 0.3) is 5.56 Å². The van der Waals surface area contributed by atoms with Gasteiger partial charge in [-0.1, -0.05) is 23.9 Å². The van der Waals surface area contributed by atoms with Crippen LogP contribution < -0.4 is 10.9 Å². The molecule has 0 radical (unpaired) electrons. The van der Waals surface area contributed by atoms with E-state index in [0.29, 0.717) is 28.5 Å². The van der Waals surface area contributed by atoms with Gasteiger partial charge < -0.3 is 5.32 Å². The summed E-state index contributed by atoms with van der Waals surface area (Å²) in [4.78, 5) is 31.7. The van der Waals surface area contributed by atoms with Gasteiger partial charge in [0.05, 0.1) is 10.6 Å². The van der Waals surface area contributed by atoms with Crippen molar-refractivity contribution in [2.24, 2.45) is 0 Å². The molecule has 5 nitrogen and oxygen atoms in total. The third-order valence-electron chi connectivity index (χ3n) is 3.76. The Labute approximate surface area is 163 Å². The van der Waals surface area contributed by atoms with Gasteiger partial charge in [0.1, 0.15) is 4.83 Å². The van der Waals surface area contributed by atoms with Crippen molar-refractivity contribution < 1.29 is 4.79 Å². The Bertz CT molecular complexity index is 989. The minimum absolute atomic E-state index is 0.0672. The third-order valence-corrected chi connectivity index (χ3v) is 6.62. The number of aromatic nitrogens is 2. The van der Waals surface area contributed by atoms with Gasteiger partial charge in [-0.15, -0.1) is 29.3 Å². The fraction of sp³-hybridized carbons (Fsp3) is 0.278. The molecule has 0 saturated carbocycles. The highest BCUT2D eigenvalue weighted by molar-refractivity contribution is 8.00. The molecule has 1 N–H and O–H groups in total. The van der Waals surface area contributed by atoms with Gasteiger partial charge in [-0.3, -0.25) is 14.2 Å². The molecular formula is C18H19N3O2S3. The van der Waals surface area contributed by atoms with Crippen LogP contribution in [0.2, 0.25) is 0 Å². The van der Waals surface area contributed by atoms with Gasteiger partial charge in [0.15, 0.2) is 5.16 Å². The lowest BCUT2D eigenvalue weighted by molar-refractivity contribution is -0.120. The van der Waals surface area contributed by atoms with Crippen LogP contribution in [0.1, 0.15) is 13.8 Å². The van der Waals surface area contributed by atoms with E-state index in [-0.39, 0.29) is 16.7 Å². The maximum atomic E-state index is 13.2. The molecule has 0 aromatic carbocycles. The van der Waals surface area contributed by atoms with Crippen LogP contribution in [0, 0.1) is 0 Å². The van der Waals surface area contributed by atoms with E-state index >= 15 is 0 Å². The molecule has 3 aromatic heterocycles. The van der Waals surface area contributed by atoms with Crippen LogP contribution in [-0.2, 0) is 11.3 Å². The topological polar surface area (TPSA) is 64.0 Å². The number of hydrogen-bond acceptors (Lipinski definition) is 6. The summed E-state index contributed by atoms with van der Waals surface area (Å²) in [6.07, 6.45) is 1.67. The summed E-state index contributed by atoms with van der Waals surface area (Å²) in [6, 6.07) is 3.97. The van der Waals surface area contributed by atoms with Crippen molar-refractivity contribution in [1.82, 2.24) is 14.9 Å². The zero-order valence-corrected chi connectivity index (χ0v) is 17.0. The van der Waals surface area contributed by atoms with E-state index in [2.05, 4.69) is 16.9 Å². The Morgan fingerprint density at radius 2 is 2.31 bits per heavy atom.